The number of aromatic nitrogens is 6. The van der Waals surface area contributed by atoms with E-state index in [-0.39, 0.29) is 18.2 Å². The van der Waals surface area contributed by atoms with Crippen LogP contribution in [0.4, 0.5) is 5.69 Å². The second-order valence-corrected chi connectivity index (χ2v) is 8.49. The van der Waals surface area contributed by atoms with Crippen LogP contribution in [-0.4, -0.2) is 30.2 Å². The van der Waals surface area contributed by atoms with Crippen LogP contribution >= 0.6 is 11.6 Å². The number of ether oxygens (including phenoxy) is 1. The third-order valence-electron chi connectivity index (χ3n) is 5.59. The Morgan fingerprint density at radius 2 is 2.03 bits per heavy atom. The molecule has 0 spiro atoms. The molecule has 0 bridgehead atoms. The second-order valence-electron chi connectivity index (χ2n) is 8.09. The summed E-state index contributed by atoms with van der Waals surface area (Å²) in [4.78, 5) is 20.1. The number of pyridine rings is 2. The zero-order chi connectivity index (χ0) is 24.4. The molecule has 9 nitrogen and oxygen atoms in total. The molecule has 10 heteroatoms. The van der Waals surface area contributed by atoms with Crippen molar-refractivity contribution in [3.8, 4) is 11.4 Å². The fraction of sp³-hybridized carbons (Fsp3) is 0.160. The summed E-state index contributed by atoms with van der Waals surface area (Å²) in [6.07, 6.45) is 1.71. The standard InChI is InChI=1S/C25H22ClN7O2/c1-15(28-18-7-5-8-20(12-18)33-16(2)30-31-32-33)21-10-17-11-22(26)24(13-23(17)29-25(21)34)35-14-19-6-3-4-9-27-19/h3-13,15,28H,14H2,1-2H3,(H,29,34). The van der Waals surface area contributed by atoms with Crippen molar-refractivity contribution in [2.45, 2.75) is 26.5 Å². The molecular formula is C25H22ClN7O2. The molecule has 0 radical (unpaired) electrons. The van der Waals surface area contributed by atoms with E-state index in [2.05, 4.69) is 30.8 Å². The van der Waals surface area contributed by atoms with Crippen molar-refractivity contribution >= 4 is 28.2 Å². The maximum absolute atomic E-state index is 12.9. The fourth-order valence-electron chi connectivity index (χ4n) is 3.82. The minimum absolute atomic E-state index is 0.192. The van der Waals surface area contributed by atoms with Gasteiger partial charge in [0.2, 0.25) is 0 Å². The number of H-pyrrole nitrogens is 1. The Kier molecular flexibility index (Phi) is 6.15. The molecule has 0 aliphatic rings. The molecule has 3 aromatic heterocycles. The van der Waals surface area contributed by atoms with Gasteiger partial charge in [0, 0.05) is 28.9 Å². The summed E-state index contributed by atoms with van der Waals surface area (Å²) in [7, 11) is 0. The third-order valence-corrected chi connectivity index (χ3v) is 5.89. The van der Waals surface area contributed by atoms with Gasteiger partial charge in [-0.1, -0.05) is 23.7 Å². The van der Waals surface area contributed by atoms with Crippen molar-refractivity contribution in [1.29, 1.82) is 0 Å². The smallest absolute Gasteiger partial charge is 0.253 e. The van der Waals surface area contributed by atoms with E-state index in [1.165, 1.54) is 0 Å². The van der Waals surface area contributed by atoms with Gasteiger partial charge < -0.3 is 15.0 Å². The van der Waals surface area contributed by atoms with Crippen molar-refractivity contribution in [3.63, 3.8) is 0 Å². The van der Waals surface area contributed by atoms with Crippen LogP contribution in [0, 0.1) is 6.92 Å². The lowest BCUT2D eigenvalue weighted by atomic mass is 10.1. The van der Waals surface area contributed by atoms with E-state index >= 15 is 0 Å². The van der Waals surface area contributed by atoms with Gasteiger partial charge in [0.1, 0.15) is 12.4 Å². The average molecular weight is 488 g/mol. The van der Waals surface area contributed by atoms with Crippen LogP contribution in [0.2, 0.25) is 5.02 Å². The van der Waals surface area contributed by atoms with Crippen molar-refractivity contribution in [1.82, 2.24) is 30.2 Å². The summed E-state index contributed by atoms with van der Waals surface area (Å²) in [6.45, 7) is 4.04. The molecule has 3 heterocycles. The number of aromatic amines is 1. The minimum atomic E-state index is -0.271. The summed E-state index contributed by atoms with van der Waals surface area (Å²) < 4.78 is 7.48. The number of hydrogen-bond donors (Lipinski definition) is 2. The molecule has 5 rings (SSSR count). The van der Waals surface area contributed by atoms with Gasteiger partial charge >= 0.3 is 0 Å². The van der Waals surface area contributed by atoms with Crippen molar-refractivity contribution in [2.24, 2.45) is 0 Å². The van der Waals surface area contributed by atoms with E-state index in [0.29, 0.717) is 27.7 Å². The topological polar surface area (TPSA) is 111 Å². The van der Waals surface area contributed by atoms with Gasteiger partial charge in [0.25, 0.3) is 5.56 Å². The van der Waals surface area contributed by atoms with Gasteiger partial charge in [0.05, 0.1) is 28.0 Å². The summed E-state index contributed by atoms with van der Waals surface area (Å²) in [6, 6.07) is 18.4. The van der Waals surface area contributed by atoms with E-state index in [0.717, 1.165) is 22.5 Å². The molecule has 0 fully saturated rings. The maximum atomic E-state index is 12.9. The van der Waals surface area contributed by atoms with Crippen LogP contribution in [0.3, 0.4) is 0 Å². The number of nitrogens with zero attached hydrogens (tertiary/aromatic N) is 5. The first-order valence-corrected chi connectivity index (χ1v) is 11.4. The van der Waals surface area contributed by atoms with E-state index in [4.69, 9.17) is 16.3 Å². The highest BCUT2D eigenvalue weighted by Gasteiger charge is 2.14. The van der Waals surface area contributed by atoms with Gasteiger partial charge in [-0.25, -0.2) is 0 Å². The van der Waals surface area contributed by atoms with Gasteiger partial charge in [0.15, 0.2) is 5.82 Å². The molecule has 1 atom stereocenters. The summed E-state index contributed by atoms with van der Waals surface area (Å²) >= 11 is 6.48. The lowest BCUT2D eigenvalue weighted by Gasteiger charge is -2.17. The number of hydrogen-bond acceptors (Lipinski definition) is 7. The molecule has 0 aliphatic heterocycles. The monoisotopic (exact) mass is 487 g/mol. The summed E-state index contributed by atoms with van der Waals surface area (Å²) in [5.74, 6) is 1.16. The highest BCUT2D eigenvalue weighted by molar-refractivity contribution is 6.32. The van der Waals surface area contributed by atoms with Crippen molar-refractivity contribution < 1.29 is 4.74 Å². The first-order valence-electron chi connectivity index (χ1n) is 11.0. The lowest BCUT2D eigenvalue weighted by Crippen LogP contribution is -2.19. The van der Waals surface area contributed by atoms with Crippen LogP contribution in [0.15, 0.2) is 71.7 Å². The Labute approximate surface area is 205 Å². The normalized spacial score (nSPS) is 12.0. The van der Waals surface area contributed by atoms with Crippen molar-refractivity contribution in [2.75, 3.05) is 5.32 Å². The Bertz CT molecular complexity index is 1550. The van der Waals surface area contributed by atoms with Gasteiger partial charge in [-0.05, 0) is 66.7 Å². The van der Waals surface area contributed by atoms with E-state index in [1.54, 1.807) is 23.0 Å². The van der Waals surface area contributed by atoms with Crippen LogP contribution in [0.1, 0.15) is 30.0 Å². The highest BCUT2D eigenvalue weighted by Crippen LogP contribution is 2.30. The molecule has 0 saturated heterocycles. The minimum Gasteiger partial charge on any atom is -0.486 e. The van der Waals surface area contributed by atoms with E-state index in [9.17, 15) is 4.79 Å². The number of halogens is 1. The molecule has 2 N–H and O–H groups in total. The molecular weight excluding hydrogens is 466 g/mol. The van der Waals surface area contributed by atoms with Gasteiger partial charge in [-0.3, -0.25) is 9.78 Å². The second kappa shape index (κ2) is 9.55. The number of nitrogens with one attached hydrogen (secondary N) is 2. The third kappa shape index (κ3) is 4.85. The molecule has 5 aromatic rings. The molecule has 35 heavy (non-hydrogen) atoms. The number of anilines is 1. The average Bonchev–Trinajstić information content (AvgIpc) is 3.29. The van der Waals surface area contributed by atoms with Crippen LogP contribution in [0.5, 0.6) is 5.75 Å². The Morgan fingerprint density at radius 1 is 1.14 bits per heavy atom. The van der Waals surface area contributed by atoms with Crippen LogP contribution in [0.25, 0.3) is 16.6 Å². The first-order chi connectivity index (χ1) is 17.0. The highest BCUT2D eigenvalue weighted by atomic mass is 35.5. The van der Waals surface area contributed by atoms with Gasteiger partial charge in [-0.15, -0.1) is 5.10 Å². The Morgan fingerprint density at radius 3 is 2.80 bits per heavy atom. The molecule has 176 valence electrons. The predicted octanol–water partition coefficient (Wildman–Crippen LogP) is 4.61. The lowest BCUT2D eigenvalue weighted by molar-refractivity contribution is 0.302. The Balaban J connectivity index is 1.38. The molecule has 0 saturated carbocycles. The van der Waals surface area contributed by atoms with Gasteiger partial charge in [-0.2, -0.15) is 4.68 Å². The number of aryl methyl sites for hydroxylation is 1. The summed E-state index contributed by atoms with van der Waals surface area (Å²) in [5.41, 5.74) is 3.47. The summed E-state index contributed by atoms with van der Waals surface area (Å²) in [5, 5.41) is 16.3. The fourth-order valence-corrected chi connectivity index (χ4v) is 4.04. The zero-order valence-electron chi connectivity index (χ0n) is 19.1. The quantitative estimate of drug-likeness (QED) is 0.345. The molecule has 2 aromatic carbocycles. The van der Waals surface area contributed by atoms with Crippen molar-refractivity contribution in [3.05, 3.63) is 99.3 Å². The zero-order valence-corrected chi connectivity index (χ0v) is 19.8. The SMILES string of the molecule is Cc1nnnn1-c1cccc(NC(C)c2cc3cc(Cl)c(OCc4ccccn4)cc3[nH]c2=O)c1. The first kappa shape index (κ1) is 22.5. The Hall–Kier alpha value is -4.24. The van der Waals surface area contributed by atoms with E-state index < -0.39 is 0 Å². The number of fused-ring (bicyclic) bond motifs is 1. The molecule has 1 unspecified atom stereocenters. The van der Waals surface area contributed by atoms with Crippen LogP contribution < -0.4 is 15.6 Å². The number of rotatable bonds is 7. The largest absolute Gasteiger partial charge is 0.486 e. The number of tetrazole rings is 1. The molecule has 0 amide bonds. The molecule has 0 aliphatic carbocycles. The number of benzene rings is 2. The predicted molar refractivity (Wildman–Crippen MR) is 134 cm³/mol. The van der Waals surface area contributed by atoms with E-state index in [1.807, 2.05) is 62.4 Å². The maximum Gasteiger partial charge on any atom is 0.253 e. The van der Waals surface area contributed by atoms with Crippen LogP contribution in [-0.2, 0) is 6.61 Å².